The van der Waals surface area contributed by atoms with Gasteiger partial charge in [-0.15, -0.1) is 0 Å². The molecule has 0 aliphatic heterocycles. The second-order valence-corrected chi connectivity index (χ2v) is 7.20. The van der Waals surface area contributed by atoms with Gasteiger partial charge in [-0.05, 0) is 65.4 Å². The highest BCUT2D eigenvalue weighted by Crippen LogP contribution is 2.28. The number of benzene rings is 2. The average Bonchev–Trinajstić information content (AvgIpc) is 2.98. The van der Waals surface area contributed by atoms with Crippen molar-refractivity contribution in [2.75, 3.05) is 7.11 Å². The maximum absolute atomic E-state index is 13.8. The molecule has 2 aromatic carbocycles. The Kier molecular flexibility index (Phi) is 6.16. The Morgan fingerprint density at radius 3 is 2.54 bits per heavy atom. The molecule has 0 spiro atoms. The monoisotopic (exact) mass is 486 g/mol. The smallest absolute Gasteiger partial charge is 0.152 e. The Hall–Kier alpha value is -1.64. The Morgan fingerprint density at radius 1 is 1.19 bits per heavy atom. The van der Waals surface area contributed by atoms with Crippen LogP contribution in [0.5, 0.6) is 5.75 Å². The van der Waals surface area contributed by atoms with E-state index in [0.717, 1.165) is 20.7 Å². The summed E-state index contributed by atoms with van der Waals surface area (Å²) in [6.45, 7) is 2.29. The van der Waals surface area contributed by atoms with E-state index in [1.807, 2.05) is 31.2 Å². The van der Waals surface area contributed by atoms with Crippen LogP contribution in [0.2, 0.25) is 5.15 Å². The van der Waals surface area contributed by atoms with Crippen LogP contribution < -0.4 is 4.74 Å². The fourth-order valence-electron chi connectivity index (χ4n) is 2.58. The van der Waals surface area contributed by atoms with E-state index < -0.39 is 0 Å². The number of rotatable bonds is 6. The van der Waals surface area contributed by atoms with Crippen molar-refractivity contribution in [3.63, 3.8) is 0 Å². The first kappa shape index (κ1) is 19.1. The highest BCUT2D eigenvalue weighted by Gasteiger charge is 2.17. The summed E-state index contributed by atoms with van der Waals surface area (Å²) in [4.78, 5) is 0. The SMILES string of the molecule is COc1ccc(CO[C@H](C)c2cc(F)ccc2-n2nc(Cl)cc2I)cc1. The molecule has 0 saturated heterocycles. The lowest BCUT2D eigenvalue weighted by Crippen LogP contribution is -2.09. The van der Waals surface area contributed by atoms with Crippen LogP contribution in [-0.2, 0) is 11.3 Å². The van der Waals surface area contributed by atoms with Gasteiger partial charge in [0.25, 0.3) is 0 Å². The molecule has 0 fully saturated rings. The summed E-state index contributed by atoms with van der Waals surface area (Å²) in [6.07, 6.45) is -0.332. The third-order valence-corrected chi connectivity index (χ3v) is 4.90. The minimum atomic E-state index is -0.332. The first-order chi connectivity index (χ1) is 12.5. The molecule has 1 heterocycles. The molecule has 0 aliphatic rings. The molecule has 0 aliphatic carbocycles. The van der Waals surface area contributed by atoms with Gasteiger partial charge in [-0.2, -0.15) is 5.10 Å². The summed E-state index contributed by atoms with van der Waals surface area (Å²) in [5.74, 6) is 0.469. The van der Waals surface area contributed by atoms with Crippen molar-refractivity contribution in [3.05, 3.63) is 74.3 Å². The van der Waals surface area contributed by atoms with Crippen molar-refractivity contribution >= 4 is 34.2 Å². The van der Waals surface area contributed by atoms with E-state index in [-0.39, 0.29) is 11.9 Å². The number of ether oxygens (including phenoxy) is 2. The van der Waals surface area contributed by atoms with Crippen LogP contribution in [0.4, 0.5) is 4.39 Å². The first-order valence-corrected chi connectivity index (χ1v) is 9.39. The molecule has 3 rings (SSSR count). The summed E-state index contributed by atoms with van der Waals surface area (Å²) in [5, 5.41) is 4.66. The van der Waals surface area contributed by atoms with E-state index in [1.54, 1.807) is 23.9 Å². The van der Waals surface area contributed by atoms with Crippen molar-refractivity contribution in [1.29, 1.82) is 0 Å². The summed E-state index contributed by atoms with van der Waals surface area (Å²) < 4.78 is 27.5. The van der Waals surface area contributed by atoms with E-state index in [1.165, 1.54) is 12.1 Å². The molecule has 0 unspecified atom stereocenters. The number of hydrogen-bond acceptors (Lipinski definition) is 3. The second-order valence-electron chi connectivity index (χ2n) is 5.71. The second kappa shape index (κ2) is 8.37. The average molecular weight is 487 g/mol. The van der Waals surface area contributed by atoms with Crippen LogP contribution in [-0.4, -0.2) is 16.9 Å². The van der Waals surface area contributed by atoms with Gasteiger partial charge < -0.3 is 9.47 Å². The van der Waals surface area contributed by atoms with Crippen LogP contribution in [0, 0.1) is 9.52 Å². The molecule has 4 nitrogen and oxygen atoms in total. The van der Waals surface area contributed by atoms with E-state index in [0.29, 0.717) is 17.3 Å². The molecule has 3 aromatic rings. The molecule has 26 heavy (non-hydrogen) atoms. The number of nitrogens with zero attached hydrogens (tertiary/aromatic N) is 2. The highest BCUT2D eigenvalue weighted by atomic mass is 127. The fraction of sp³-hybridized carbons (Fsp3) is 0.211. The molecule has 0 amide bonds. The van der Waals surface area contributed by atoms with Crippen LogP contribution in [0.3, 0.4) is 0 Å². The Morgan fingerprint density at radius 2 is 1.92 bits per heavy atom. The predicted molar refractivity (Wildman–Crippen MR) is 107 cm³/mol. The molecule has 7 heteroatoms. The predicted octanol–water partition coefficient (Wildman–Crippen LogP) is 5.56. The molecule has 0 radical (unpaired) electrons. The fourth-order valence-corrected chi connectivity index (χ4v) is 3.60. The molecule has 0 saturated carbocycles. The molecular formula is C19H17ClFIN2O2. The number of hydrogen-bond donors (Lipinski definition) is 0. The van der Waals surface area contributed by atoms with Crippen molar-refractivity contribution in [1.82, 2.24) is 9.78 Å². The van der Waals surface area contributed by atoms with E-state index >= 15 is 0 Å². The lowest BCUT2D eigenvalue weighted by atomic mass is 10.1. The molecule has 0 N–H and O–H groups in total. The lowest BCUT2D eigenvalue weighted by molar-refractivity contribution is 0.0522. The van der Waals surface area contributed by atoms with E-state index in [4.69, 9.17) is 21.1 Å². The van der Waals surface area contributed by atoms with Gasteiger partial charge in [-0.1, -0.05) is 23.7 Å². The zero-order valence-electron chi connectivity index (χ0n) is 14.2. The summed E-state index contributed by atoms with van der Waals surface area (Å²) >= 11 is 8.13. The van der Waals surface area contributed by atoms with Gasteiger partial charge in [0.15, 0.2) is 5.15 Å². The third-order valence-electron chi connectivity index (χ3n) is 3.95. The topological polar surface area (TPSA) is 36.3 Å². The van der Waals surface area contributed by atoms with Crippen molar-refractivity contribution in [3.8, 4) is 11.4 Å². The van der Waals surface area contributed by atoms with Crippen LogP contribution >= 0.6 is 34.2 Å². The van der Waals surface area contributed by atoms with Gasteiger partial charge in [0, 0.05) is 11.6 Å². The number of halogens is 3. The minimum absolute atomic E-state index is 0.322. The minimum Gasteiger partial charge on any atom is -0.497 e. The molecule has 1 atom stereocenters. The van der Waals surface area contributed by atoms with Gasteiger partial charge in [-0.3, -0.25) is 0 Å². The molecular weight excluding hydrogens is 470 g/mol. The zero-order chi connectivity index (χ0) is 18.7. The number of aromatic nitrogens is 2. The van der Waals surface area contributed by atoms with Crippen molar-refractivity contribution in [2.45, 2.75) is 19.6 Å². The van der Waals surface area contributed by atoms with Crippen molar-refractivity contribution in [2.24, 2.45) is 0 Å². The largest absolute Gasteiger partial charge is 0.497 e. The van der Waals surface area contributed by atoms with Crippen molar-refractivity contribution < 1.29 is 13.9 Å². The van der Waals surface area contributed by atoms with Crippen LogP contribution in [0.25, 0.3) is 5.69 Å². The quantitative estimate of drug-likeness (QED) is 0.428. The van der Waals surface area contributed by atoms with Gasteiger partial charge >= 0.3 is 0 Å². The number of methoxy groups -OCH3 is 1. The summed E-state index contributed by atoms with van der Waals surface area (Å²) in [6, 6.07) is 13.9. The normalized spacial score (nSPS) is 12.2. The lowest BCUT2D eigenvalue weighted by Gasteiger charge is -2.18. The van der Waals surface area contributed by atoms with Gasteiger partial charge in [0.1, 0.15) is 15.3 Å². The highest BCUT2D eigenvalue weighted by molar-refractivity contribution is 14.1. The third kappa shape index (κ3) is 4.36. The zero-order valence-corrected chi connectivity index (χ0v) is 17.2. The Balaban J connectivity index is 1.83. The van der Waals surface area contributed by atoms with Gasteiger partial charge in [0.2, 0.25) is 0 Å². The van der Waals surface area contributed by atoms with E-state index in [9.17, 15) is 4.39 Å². The summed E-state index contributed by atoms with van der Waals surface area (Å²) in [7, 11) is 1.63. The maximum Gasteiger partial charge on any atom is 0.152 e. The van der Waals surface area contributed by atoms with Gasteiger partial charge in [-0.25, -0.2) is 9.07 Å². The van der Waals surface area contributed by atoms with Crippen LogP contribution in [0.15, 0.2) is 48.5 Å². The maximum atomic E-state index is 13.8. The standard InChI is InChI=1S/C19H17ClFIN2O2/c1-12(26-11-13-3-6-15(25-2)7-4-13)16-9-14(21)5-8-17(16)24-19(22)10-18(20)23-24/h3-10,12H,11H2,1-2H3/t12-/m1/s1. The Bertz CT molecular complexity index is 899. The van der Waals surface area contributed by atoms with Gasteiger partial charge in [0.05, 0.1) is 25.5 Å². The Labute approximate surface area is 170 Å². The first-order valence-electron chi connectivity index (χ1n) is 7.93. The summed E-state index contributed by atoms with van der Waals surface area (Å²) in [5.41, 5.74) is 2.45. The van der Waals surface area contributed by atoms with Crippen LogP contribution in [0.1, 0.15) is 24.2 Å². The molecule has 136 valence electrons. The molecule has 1 aromatic heterocycles. The van der Waals surface area contributed by atoms with E-state index in [2.05, 4.69) is 27.7 Å². The molecule has 0 bridgehead atoms.